The highest BCUT2D eigenvalue weighted by Crippen LogP contribution is 2.29. The zero-order valence-corrected chi connectivity index (χ0v) is 14.0. The van der Waals surface area contributed by atoms with E-state index in [0.717, 1.165) is 24.3 Å². The van der Waals surface area contributed by atoms with E-state index in [0.29, 0.717) is 6.42 Å². The van der Waals surface area contributed by atoms with Crippen molar-refractivity contribution in [2.24, 2.45) is 5.92 Å². The molecule has 1 aliphatic carbocycles. The van der Waals surface area contributed by atoms with Gasteiger partial charge in [0.2, 0.25) is 5.78 Å². The summed E-state index contributed by atoms with van der Waals surface area (Å²) < 4.78 is 24.7. The third-order valence-corrected chi connectivity index (χ3v) is 5.02. The number of carbonyl (C=O) groups is 2. The smallest absolute Gasteiger partial charge is 0.289 e. The van der Waals surface area contributed by atoms with Gasteiger partial charge in [0.15, 0.2) is 0 Å². The lowest BCUT2D eigenvalue weighted by molar-refractivity contribution is -0.146. The van der Waals surface area contributed by atoms with Gasteiger partial charge in [0, 0.05) is 13.0 Å². The van der Waals surface area contributed by atoms with Gasteiger partial charge in [0.1, 0.15) is 0 Å². The molecule has 1 aliphatic rings. The summed E-state index contributed by atoms with van der Waals surface area (Å²) in [7, 11) is -3.87. The van der Waals surface area contributed by atoms with Crippen LogP contribution in [-0.2, 0) is 19.6 Å². The molecule has 1 amide bonds. The van der Waals surface area contributed by atoms with Gasteiger partial charge in [0.25, 0.3) is 10.0 Å². The van der Waals surface area contributed by atoms with Crippen LogP contribution in [0.15, 0.2) is 35.2 Å². The van der Waals surface area contributed by atoms with Crippen LogP contribution in [-0.4, -0.2) is 31.7 Å². The maximum absolute atomic E-state index is 12.4. The van der Waals surface area contributed by atoms with Crippen molar-refractivity contribution in [1.82, 2.24) is 9.84 Å². The molecule has 0 radical (unpaired) electrons. The highest BCUT2D eigenvalue weighted by Gasteiger charge is 2.32. The summed E-state index contributed by atoms with van der Waals surface area (Å²) in [6, 6.07) is 7.81. The molecule has 0 spiro atoms. The van der Waals surface area contributed by atoms with Crippen molar-refractivity contribution in [3.8, 4) is 0 Å². The van der Waals surface area contributed by atoms with Crippen molar-refractivity contribution in [3.63, 3.8) is 0 Å². The molecule has 0 saturated heterocycles. The molecule has 1 saturated carbocycles. The lowest BCUT2D eigenvalue weighted by Gasteiger charge is -2.22. The second kappa shape index (κ2) is 7.70. The highest BCUT2D eigenvalue weighted by molar-refractivity contribution is 7.89. The number of nitrogens with zero attached hydrogens (tertiary/aromatic N) is 1. The topological polar surface area (TPSA) is 83.6 Å². The molecule has 0 aliphatic heterocycles. The molecule has 0 unspecified atom stereocenters. The predicted molar refractivity (Wildman–Crippen MR) is 85.7 cm³/mol. The SMILES string of the molecule is CCCCC(=O)C(=O)N(CC1CC1)NS(=O)(=O)c1ccccc1. The molecule has 1 N–H and O–H groups in total. The van der Waals surface area contributed by atoms with E-state index >= 15 is 0 Å². The van der Waals surface area contributed by atoms with Crippen LogP contribution in [0.2, 0.25) is 0 Å². The van der Waals surface area contributed by atoms with E-state index in [-0.39, 0.29) is 23.8 Å². The van der Waals surface area contributed by atoms with Crippen LogP contribution in [0.3, 0.4) is 0 Å². The van der Waals surface area contributed by atoms with Crippen LogP contribution < -0.4 is 4.83 Å². The first-order chi connectivity index (χ1) is 10.9. The monoisotopic (exact) mass is 338 g/mol. The van der Waals surface area contributed by atoms with Crippen LogP contribution in [0.5, 0.6) is 0 Å². The van der Waals surface area contributed by atoms with E-state index in [4.69, 9.17) is 0 Å². The summed E-state index contributed by atoms with van der Waals surface area (Å²) in [6.45, 7) is 2.17. The molecule has 0 aromatic heterocycles. The third kappa shape index (κ3) is 5.14. The first kappa shape index (κ1) is 17.6. The van der Waals surface area contributed by atoms with Crippen molar-refractivity contribution in [3.05, 3.63) is 30.3 Å². The largest absolute Gasteiger partial charge is 0.304 e. The van der Waals surface area contributed by atoms with Gasteiger partial charge < -0.3 is 0 Å². The fourth-order valence-corrected chi connectivity index (χ4v) is 3.18. The molecular formula is C16H22N2O4S. The predicted octanol–water partition coefficient (Wildman–Crippen LogP) is 1.88. The minimum absolute atomic E-state index is 0.0644. The van der Waals surface area contributed by atoms with Gasteiger partial charge in [-0.15, -0.1) is 4.83 Å². The average molecular weight is 338 g/mol. The second-order valence-electron chi connectivity index (χ2n) is 5.79. The highest BCUT2D eigenvalue weighted by atomic mass is 32.2. The number of benzene rings is 1. The lowest BCUT2D eigenvalue weighted by atomic mass is 10.2. The van der Waals surface area contributed by atoms with E-state index in [9.17, 15) is 18.0 Å². The van der Waals surface area contributed by atoms with Gasteiger partial charge in [-0.25, -0.2) is 8.42 Å². The van der Waals surface area contributed by atoms with E-state index in [1.165, 1.54) is 12.1 Å². The Kier molecular flexibility index (Phi) is 5.90. The quantitative estimate of drug-likeness (QED) is 0.550. The molecule has 126 valence electrons. The number of unbranched alkanes of at least 4 members (excludes halogenated alkanes) is 1. The number of hydrogen-bond acceptors (Lipinski definition) is 4. The van der Waals surface area contributed by atoms with Gasteiger partial charge in [-0.1, -0.05) is 31.5 Å². The summed E-state index contributed by atoms with van der Waals surface area (Å²) in [5.74, 6) is -1.07. The van der Waals surface area contributed by atoms with Gasteiger partial charge >= 0.3 is 5.91 Å². The summed E-state index contributed by atoms with van der Waals surface area (Å²) in [5, 5.41) is 0.970. The number of hydrogen-bond donors (Lipinski definition) is 1. The van der Waals surface area contributed by atoms with Gasteiger partial charge in [0.05, 0.1) is 4.90 Å². The normalized spacial score (nSPS) is 14.5. The minimum atomic E-state index is -3.87. The number of ketones is 1. The zero-order valence-electron chi connectivity index (χ0n) is 13.2. The first-order valence-corrected chi connectivity index (χ1v) is 9.34. The summed E-state index contributed by atoms with van der Waals surface area (Å²) >= 11 is 0. The van der Waals surface area contributed by atoms with Crippen LogP contribution in [0.1, 0.15) is 39.0 Å². The Hall–Kier alpha value is -1.73. The van der Waals surface area contributed by atoms with Crippen LogP contribution >= 0.6 is 0 Å². The molecule has 0 bridgehead atoms. The van der Waals surface area contributed by atoms with Crippen LogP contribution in [0.25, 0.3) is 0 Å². The Morgan fingerprint density at radius 2 is 1.87 bits per heavy atom. The Morgan fingerprint density at radius 1 is 1.22 bits per heavy atom. The number of rotatable bonds is 9. The fourth-order valence-electron chi connectivity index (χ4n) is 2.11. The van der Waals surface area contributed by atoms with E-state index in [2.05, 4.69) is 4.83 Å². The second-order valence-corrected chi connectivity index (χ2v) is 7.45. The summed E-state index contributed by atoms with van der Waals surface area (Å²) in [5.41, 5.74) is 0. The van der Waals surface area contributed by atoms with E-state index < -0.39 is 21.7 Å². The summed E-state index contributed by atoms with van der Waals surface area (Å²) in [4.78, 5) is 26.6. The first-order valence-electron chi connectivity index (χ1n) is 7.86. The van der Waals surface area contributed by atoms with Crippen molar-refractivity contribution < 1.29 is 18.0 Å². The number of sulfonamides is 1. The van der Waals surface area contributed by atoms with Gasteiger partial charge in [-0.2, -0.15) is 0 Å². The number of nitrogens with one attached hydrogen (secondary N) is 1. The number of carbonyl (C=O) groups excluding carboxylic acids is 2. The molecule has 1 fully saturated rings. The average Bonchev–Trinajstić information content (AvgIpc) is 3.36. The number of amides is 1. The van der Waals surface area contributed by atoms with E-state index in [1.807, 2.05) is 6.92 Å². The maximum Gasteiger partial charge on any atom is 0.304 e. The molecule has 2 rings (SSSR count). The molecule has 7 heteroatoms. The van der Waals surface area contributed by atoms with Crippen molar-refractivity contribution in [2.45, 2.75) is 43.9 Å². The molecule has 23 heavy (non-hydrogen) atoms. The molecule has 6 nitrogen and oxygen atoms in total. The van der Waals surface area contributed by atoms with Crippen molar-refractivity contribution >= 4 is 21.7 Å². The Balaban J connectivity index is 2.12. The lowest BCUT2D eigenvalue weighted by Crippen LogP contribution is -2.49. The van der Waals surface area contributed by atoms with Gasteiger partial charge in [-0.05, 0) is 37.3 Å². The van der Waals surface area contributed by atoms with Crippen molar-refractivity contribution in [1.29, 1.82) is 0 Å². The Labute approximate surface area is 136 Å². The number of hydrazine groups is 1. The minimum Gasteiger partial charge on any atom is -0.289 e. The molecule has 1 aromatic carbocycles. The van der Waals surface area contributed by atoms with Crippen LogP contribution in [0, 0.1) is 5.92 Å². The number of Topliss-reactive ketones (excluding diaryl/α,β-unsaturated/α-hetero) is 1. The molecule has 1 aromatic rings. The standard InChI is InChI=1S/C16H22N2O4S/c1-2-3-9-15(19)16(20)18(12-13-10-11-13)17-23(21,22)14-7-5-4-6-8-14/h4-8,13,17H,2-3,9-12H2,1H3. The zero-order chi connectivity index (χ0) is 16.9. The third-order valence-electron chi connectivity index (χ3n) is 3.66. The van der Waals surface area contributed by atoms with Crippen molar-refractivity contribution in [2.75, 3.05) is 6.54 Å². The van der Waals surface area contributed by atoms with E-state index in [1.54, 1.807) is 18.2 Å². The van der Waals surface area contributed by atoms with Crippen LogP contribution in [0.4, 0.5) is 0 Å². The molecule has 0 heterocycles. The summed E-state index contributed by atoms with van der Waals surface area (Å²) in [6.07, 6.45) is 3.45. The van der Waals surface area contributed by atoms with Gasteiger partial charge in [-0.3, -0.25) is 14.6 Å². The Morgan fingerprint density at radius 3 is 2.43 bits per heavy atom. The fraction of sp³-hybridized carbons (Fsp3) is 0.500. The molecule has 0 atom stereocenters. The Bertz CT molecular complexity index is 654. The maximum atomic E-state index is 12.4. The molecular weight excluding hydrogens is 316 g/mol.